The van der Waals surface area contributed by atoms with Crippen molar-refractivity contribution in [1.29, 1.82) is 0 Å². The lowest BCUT2D eigenvalue weighted by molar-refractivity contribution is 0.616. The smallest absolute Gasteiger partial charge is 0.148 e. The van der Waals surface area contributed by atoms with Gasteiger partial charge in [-0.2, -0.15) is 0 Å². The fraction of sp³-hybridized carbons (Fsp3) is 0.733. The molecule has 0 amide bonds. The standard InChI is InChI=1S/C15H25N5/c1-4-12-8-5-9(2)20(12)15-10(3)13(19-16)17-14(18-15)11-6-7-11/h9,11-12H,4-8,16H2,1-3H3,(H,17,18,19). The Morgan fingerprint density at radius 1 is 1.25 bits per heavy atom. The molecule has 1 aromatic heterocycles. The normalized spacial score (nSPS) is 26.1. The number of nitrogen functional groups attached to an aromatic ring is 1. The summed E-state index contributed by atoms with van der Waals surface area (Å²) in [5.41, 5.74) is 3.83. The van der Waals surface area contributed by atoms with Gasteiger partial charge in [-0.1, -0.05) is 6.92 Å². The van der Waals surface area contributed by atoms with Gasteiger partial charge in [0, 0.05) is 23.6 Å². The van der Waals surface area contributed by atoms with Crippen LogP contribution < -0.4 is 16.2 Å². The van der Waals surface area contributed by atoms with E-state index in [2.05, 4.69) is 36.1 Å². The summed E-state index contributed by atoms with van der Waals surface area (Å²) in [4.78, 5) is 12.0. The molecule has 2 atom stereocenters. The van der Waals surface area contributed by atoms with Crippen molar-refractivity contribution in [3.05, 3.63) is 11.4 Å². The molecule has 2 unspecified atom stereocenters. The number of aromatic nitrogens is 2. The predicted octanol–water partition coefficient (Wildman–Crippen LogP) is 2.72. The second-order valence-electron chi connectivity index (χ2n) is 6.19. The summed E-state index contributed by atoms with van der Waals surface area (Å²) in [5.74, 6) is 9.03. The minimum absolute atomic E-state index is 0.541. The average molecular weight is 275 g/mol. The van der Waals surface area contributed by atoms with E-state index in [1.165, 1.54) is 25.7 Å². The Kier molecular flexibility index (Phi) is 3.54. The average Bonchev–Trinajstić information content (AvgIpc) is 3.23. The maximum Gasteiger partial charge on any atom is 0.148 e. The molecule has 2 aliphatic rings. The molecule has 2 heterocycles. The molecule has 3 N–H and O–H groups in total. The molecule has 1 aliphatic heterocycles. The lowest BCUT2D eigenvalue weighted by Gasteiger charge is -2.31. The van der Waals surface area contributed by atoms with Crippen LogP contribution >= 0.6 is 0 Å². The summed E-state index contributed by atoms with van der Waals surface area (Å²) in [6.07, 6.45) is 6.08. The Hall–Kier alpha value is -1.36. The van der Waals surface area contributed by atoms with Crippen LogP contribution in [0, 0.1) is 6.92 Å². The van der Waals surface area contributed by atoms with Crippen LogP contribution in [0.3, 0.4) is 0 Å². The Labute approximate surface area is 120 Å². The largest absolute Gasteiger partial charge is 0.351 e. The van der Waals surface area contributed by atoms with Gasteiger partial charge in [-0.25, -0.2) is 15.8 Å². The third-order valence-electron chi connectivity index (χ3n) is 4.72. The van der Waals surface area contributed by atoms with Crippen LogP contribution in [-0.4, -0.2) is 22.1 Å². The molecule has 110 valence electrons. The summed E-state index contributed by atoms with van der Waals surface area (Å²) >= 11 is 0. The van der Waals surface area contributed by atoms with Crippen LogP contribution in [0.2, 0.25) is 0 Å². The highest BCUT2D eigenvalue weighted by molar-refractivity contribution is 5.60. The van der Waals surface area contributed by atoms with E-state index in [0.29, 0.717) is 18.0 Å². The van der Waals surface area contributed by atoms with Crippen LogP contribution in [0.1, 0.15) is 63.3 Å². The van der Waals surface area contributed by atoms with Gasteiger partial charge in [0.15, 0.2) is 0 Å². The summed E-state index contributed by atoms with van der Waals surface area (Å²) in [6.45, 7) is 6.62. The summed E-state index contributed by atoms with van der Waals surface area (Å²) in [7, 11) is 0. The molecule has 20 heavy (non-hydrogen) atoms. The molecule has 0 aromatic carbocycles. The first-order valence-corrected chi connectivity index (χ1v) is 7.79. The number of nitrogens with zero attached hydrogens (tertiary/aromatic N) is 3. The van der Waals surface area contributed by atoms with Crippen molar-refractivity contribution in [2.45, 2.75) is 70.9 Å². The van der Waals surface area contributed by atoms with E-state index in [9.17, 15) is 0 Å². The van der Waals surface area contributed by atoms with E-state index in [1.807, 2.05) is 0 Å². The Morgan fingerprint density at radius 2 is 2.00 bits per heavy atom. The number of anilines is 2. The highest BCUT2D eigenvalue weighted by Crippen LogP contribution is 2.41. The minimum Gasteiger partial charge on any atom is -0.351 e. The maximum absolute atomic E-state index is 5.65. The molecule has 1 saturated carbocycles. The van der Waals surface area contributed by atoms with Crippen molar-refractivity contribution < 1.29 is 0 Å². The summed E-state index contributed by atoms with van der Waals surface area (Å²) in [5, 5.41) is 0. The van der Waals surface area contributed by atoms with Crippen molar-refractivity contribution in [1.82, 2.24) is 9.97 Å². The van der Waals surface area contributed by atoms with Crippen LogP contribution in [0.4, 0.5) is 11.6 Å². The molecule has 0 bridgehead atoms. The van der Waals surface area contributed by atoms with E-state index in [-0.39, 0.29) is 0 Å². The van der Waals surface area contributed by atoms with Gasteiger partial charge in [0.05, 0.1) is 0 Å². The third-order valence-corrected chi connectivity index (χ3v) is 4.72. The van der Waals surface area contributed by atoms with Crippen LogP contribution in [0.15, 0.2) is 0 Å². The van der Waals surface area contributed by atoms with Crippen molar-refractivity contribution in [2.75, 3.05) is 10.3 Å². The van der Waals surface area contributed by atoms with Crippen molar-refractivity contribution in [2.24, 2.45) is 5.84 Å². The quantitative estimate of drug-likeness (QED) is 0.653. The van der Waals surface area contributed by atoms with Crippen LogP contribution in [0.25, 0.3) is 0 Å². The monoisotopic (exact) mass is 275 g/mol. The SMILES string of the molecule is CCC1CCC(C)N1c1nc(C2CC2)nc(NN)c1C. The second-order valence-corrected chi connectivity index (χ2v) is 6.19. The first-order chi connectivity index (χ1) is 9.65. The number of hydrogen-bond donors (Lipinski definition) is 2. The molecule has 1 aromatic rings. The van der Waals surface area contributed by atoms with E-state index in [0.717, 1.165) is 29.4 Å². The number of hydrogen-bond acceptors (Lipinski definition) is 5. The zero-order chi connectivity index (χ0) is 14.3. The molecule has 3 rings (SSSR count). The molecule has 5 nitrogen and oxygen atoms in total. The minimum atomic E-state index is 0.541. The lowest BCUT2D eigenvalue weighted by atomic mass is 10.1. The van der Waals surface area contributed by atoms with Gasteiger partial charge < -0.3 is 10.3 Å². The highest BCUT2D eigenvalue weighted by Gasteiger charge is 2.34. The number of rotatable bonds is 4. The molecule has 2 fully saturated rings. The van der Waals surface area contributed by atoms with Crippen LogP contribution in [0.5, 0.6) is 0 Å². The molecule has 1 aliphatic carbocycles. The maximum atomic E-state index is 5.65. The molecule has 0 radical (unpaired) electrons. The van der Waals surface area contributed by atoms with Crippen LogP contribution in [-0.2, 0) is 0 Å². The van der Waals surface area contributed by atoms with Gasteiger partial charge in [0.2, 0.25) is 0 Å². The summed E-state index contributed by atoms with van der Waals surface area (Å²) < 4.78 is 0. The van der Waals surface area contributed by atoms with Gasteiger partial charge in [0.1, 0.15) is 17.5 Å². The van der Waals surface area contributed by atoms with Crippen molar-refractivity contribution in [3.63, 3.8) is 0 Å². The molecule has 1 saturated heterocycles. The highest BCUT2D eigenvalue weighted by atomic mass is 15.3. The lowest BCUT2D eigenvalue weighted by Crippen LogP contribution is -2.36. The topological polar surface area (TPSA) is 67.1 Å². The summed E-state index contributed by atoms with van der Waals surface area (Å²) in [6, 6.07) is 1.14. The Morgan fingerprint density at radius 3 is 2.60 bits per heavy atom. The van der Waals surface area contributed by atoms with Gasteiger partial charge in [-0.15, -0.1) is 0 Å². The Bertz CT molecular complexity index is 497. The first-order valence-electron chi connectivity index (χ1n) is 7.79. The zero-order valence-corrected chi connectivity index (χ0v) is 12.7. The number of nitrogens with two attached hydrogens (primary N) is 1. The van der Waals surface area contributed by atoms with Gasteiger partial charge in [-0.05, 0) is 46.0 Å². The van der Waals surface area contributed by atoms with Gasteiger partial charge >= 0.3 is 0 Å². The predicted molar refractivity (Wildman–Crippen MR) is 81.8 cm³/mol. The number of hydrazine groups is 1. The molecular formula is C15H25N5. The fourth-order valence-corrected chi connectivity index (χ4v) is 3.29. The Balaban J connectivity index is 2.04. The molecule has 0 spiro atoms. The van der Waals surface area contributed by atoms with Gasteiger partial charge in [-0.3, -0.25) is 0 Å². The second kappa shape index (κ2) is 5.20. The first kappa shape index (κ1) is 13.6. The molecule has 5 heteroatoms. The van der Waals surface area contributed by atoms with Gasteiger partial charge in [0.25, 0.3) is 0 Å². The van der Waals surface area contributed by atoms with E-state index < -0.39 is 0 Å². The number of nitrogens with one attached hydrogen (secondary N) is 1. The fourth-order valence-electron chi connectivity index (χ4n) is 3.29. The van der Waals surface area contributed by atoms with Crippen molar-refractivity contribution in [3.8, 4) is 0 Å². The van der Waals surface area contributed by atoms with E-state index >= 15 is 0 Å². The van der Waals surface area contributed by atoms with E-state index in [1.54, 1.807) is 0 Å². The third kappa shape index (κ3) is 2.24. The zero-order valence-electron chi connectivity index (χ0n) is 12.7. The van der Waals surface area contributed by atoms with E-state index in [4.69, 9.17) is 10.8 Å². The molecular weight excluding hydrogens is 250 g/mol. The van der Waals surface area contributed by atoms with Crippen molar-refractivity contribution >= 4 is 11.6 Å².